The van der Waals surface area contributed by atoms with Gasteiger partial charge in [-0.2, -0.15) is 0 Å². The van der Waals surface area contributed by atoms with Crippen molar-refractivity contribution in [2.45, 2.75) is 72.1 Å². The van der Waals surface area contributed by atoms with Crippen molar-refractivity contribution in [2.75, 3.05) is 53.1 Å². The van der Waals surface area contributed by atoms with Crippen molar-refractivity contribution in [3.05, 3.63) is 0 Å². The van der Waals surface area contributed by atoms with E-state index in [1.807, 2.05) is 20.8 Å². The van der Waals surface area contributed by atoms with Gasteiger partial charge < -0.3 is 44.0 Å². The molecule has 2 N–H and O–H groups in total. The number of alkyl carbamates (subject to hydrolysis) is 1. The number of hydrogen-bond acceptors (Lipinski definition) is 13. The standard InChI is InChI=1S/C25H43N3O12/c1-4-8-20(29)35-17-36-23(32)11-7-12-26-13-15-28(25(34)40-19-38-22(31)10-6-3)16-14-27-24(33)39-18-37-21(30)9-5-2/h26H,4-19H2,1-3H3,(H,27,33). The molecule has 15 nitrogen and oxygen atoms in total. The van der Waals surface area contributed by atoms with Gasteiger partial charge in [0, 0.05) is 51.9 Å². The second-order valence-corrected chi connectivity index (χ2v) is 8.28. The van der Waals surface area contributed by atoms with Gasteiger partial charge in [0.1, 0.15) is 0 Å². The molecule has 0 aliphatic rings. The number of nitrogens with zero attached hydrogens (tertiary/aromatic N) is 1. The van der Waals surface area contributed by atoms with Crippen LogP contribution in [0.5, 0.6) is 0 Å². The number of ether oxygens (including phenoxy) is 6. The lowest BCUT2D eigenvalue weighted by Gasteiger charge is -2.22. The Labute approximate surface area is 234 Å². The van der Waals surface area contributed by atoms with Crippen molar-refractivity contribution >= 4 is 36.1 Å². The average molecular weight is 578 g/mol. The molecule has 0 spiro atoms. The monoisotopic (exact) mass is 577 g/mol. The fourth-order valence-electron chi connectivity index (χ4n) is 2.78. The Kier molecular flexibility index (Phi) is 22.2. The third-order valence-electron chi connectivity index (χ3n) is 4.82. The minimum atomic E-state index is -0.837. The van der Waals surface area contributed by atoms with Gasteiger partial charge in [0.25, 0.3) is 0 Å². The smallest absolute Gasteiger partial charge is 0.412 e. The molecule has 230 valence electrons. The van der Waals surface area contributed by atoms with Crippen molar-refractivity contribution in [1.29, 1.82) is 0 Å². The zero-order valence-electron chi connectivity index (χ0n) is 23.7. The lowest BCUT2D eigenvalue weighted by Crippen LogP contribution is -2.42. The normalized spacial score (nSPS) is 10.2. The number of amides is 2. The highest BCUT2D eigenvalue weighted by molar-refractivity contribution is 5.72. The molecule has 0 radical (unpaired) electrons. The molecule has 0 saturated heterocycles. The van der Waals surface area contributed by atoms with Crippen LogP contribution < -0.4 is 10.6 Å². The van der Waals surface area contributed by atoms with E-state index in [1.165, 1.54) is 4.90 Å². The largest absolute Gasteiger partial charge is 0.428 e. The van der Waals surface area contributed by atoms with Crippen molar-refractivity contribution in [1.82, 2.24) is 15.5 Å². The molecule has 0 rings (SSSR count). The van der Waals surface area contributed by atoms with Crippen LogP contribution in [0, 0.1) is 0 Å². The fourth-order valence-corrected chi connectivity index (χ4v) is 2.78. The predicted molar refractivity (Wildman–Crippen MR) is 138 cm³/mol. The highest BCUT2D eigenvalue weighted by Crippen LogP contribution is 1.98. The number of rotatable bonds is 22. The Balaban J connectivity index is 4.41. The first-order chi connectivity index (χ1) is 19.2. The predicted octanol–water partition coefficient (Wildman–Crippen LogP) is 1.97. The van der Waals surface area contributed by atoms with E-state index < -0.39 is 56.4 Å². The Hall–Kier alpha value is -3.62. The molecule has 0 unspecified atom stereocenters. The maximum absolute atomic E-state index is 12.5. The number of carbonyl (C=O) groups is 6. The molecular formula is C25H43N3O12. The minimum absolute atomic E-state index is 0.00112. The van der Waals surface area contributed by atoms with E-state index in [1.54, 1.807) is 0 Å². The first-order valence-electron chi connectivity index (χ1n) is 13.4. The van der Waals surface area contributed by atoms with Gasteiger partial charge in [-0.1, -0.05) is 20.8 Å². The molecule has 15 heteroatoms. The van der Waals surface area contributed by atoms with Gasteiger partial charge in [0.15, 0.2) is 0 Å². The quantitative estimate of drug-likeness (QED) is 0.0824. The van der Waals surface area contributed by atoms with Crippen LogP contribution in [0.3, 0.4) is 0 Å². The second-order valence-electron chi connectivity index (χ2n) is 8.28. The summed E-state index contributed by atoms with van der Waals surface area (Å²) >= 11 is 0. The molecule has 2 amide bonds. The van der Waals surface area contributed by atoms with Crippen molar-refractivity contribution < 1.29 is 57.2 Å². The van der Waals surface area contributed by atoms with Crippen molar-refractivity contribution in [3.8, 4) is 0 Å². The summed E-state index contributed by atoms with van der Waals surface area (Å²) in [5, 5.41) is 5.50. The molecule has 0 heterocycles. The zero-order chi connectivity index (χ0) is 30.0. The summed E-state index contributed by atoms with van der Waals surface area (Å²) in [6.07, 6.45) is 1.44. The summed E-state index contributed by atoms with van der Waals surface area (Å²) in [7, 11) is 0. The maximum Gasteiger partial charge on any atom is 0.412 e. The topological polar surface area (TPSA) is 185 Å². The summed E-state index contributed by atoms with van der Waals surface area (Å²) in [6.45, 7) is 4.93. The summed E-state index contributed by atoms with van der Waals surface area (Å²) < 4.78 is 28.9. The average Bonchev–Trinajstić information content (AvgIpc) is 2.90. The Morgan fingerprint density at radius 1 is 0.550 bits per heavy atom. The van der Waals surface area contributed by atoms with E-state index in [0.29, 0.717) is 38.8 Å². The fraction of sp³-hybridized carbons (Fsp3) is 0.760. The third-order valence-corrected chi connectivity index (χ3v) is 4.82. The zero-order valence-corrected chi connectivity index (χ0v) is 23.7. The molecule has 0 aliphatic carbocycles. The van der Waals surface area contributed by atoms with Gasteiger partial charge >= 0.3 is 36.1 Å². The first-order valence-corrected chi connectivity index (χ1v) is 13.4. The molecule has 0 saturated carbocycles. The molecule has 0 aliphatic heterocycles. The summed E-state index contributed by atoms with van der Waals surface area (Å²) in [6, 6.07) is 0. The molecule has 0 aromatic heterocycles. The van der Waals surface area contributed by atoms with Crippen LogP contribution in [0.2, 0.25) is 0 Å². The van der Waals surface area contributed by atoms with E-state index in [9.17, 15) is 28.8 Å². The van der Waals surface area contributed by atoms with Crippen LogP contribution in [0.25, 0.3) is 0 Å². The maximum atomic E-state index is 12.5. The van der Waals surface area contributed by atoms with Crippen LogP contribution >= 0.6 is 0 Å². The molecule has 0 aromatic rings. The lowest BCUT2D eigenvalue weighted by atomic mass is 10.3. The highest BCUT2D eigenvalue weighted by atomic mass is 16.7. The second kappa shape index (κ2) is 24.4. The number of carbonyl (C=O) groups excluding carboxylic acids is 6. The molecule has 0 atom stereocenters. The van der Waals surface area contributed by atoms with E-state index in [-0.39, 0.29) is 45.3 Å². The molecule has 0 fully saturated rings. The van der Waals surface area contributed by atoms with Crippen LogP contribution in [-0.2, 0) is 47.6 Å². The number of esters is 4. The SMILES string of the molecule is CCCC(=O)OCOC(=O)CCCNCCN(CCNC(=O)OCOC(=O)CCC)C(=O)OCOC(=O)CCC. The molecular weight excluding hydrogens is 534 g/mol. The van der Waals surface area contributed by atoms with E-state index in [2.05, 4.69) is 10.6 Å². The first kappa shape index (κ1) is 36.4. The van der Waals surface area contributed by atoms with Crippen molar-refractivity contribution in [3.63, 3.8) is 0 Å². The number of hydrogen-bond donors (Lipinski definition) is 2. The molecule has 0 aromatic carbocycles. The Bertz CT molecular complexity index is 778. The molecule has 40 heavy (non-hydrogen) atoms. The highest BCUT2D eigenvalue weighted by Gasteiger charge is 2.16. The van der Waals surface area contributed by atoms with Gasteiger partial charge in [-0.3, -0.25) is 19.2 Å². The van der Waals surface area contributed by atoms with Gasteiger partial charge in [-0.05, 0) is 32.2 Å². The minimum Gasteiger partial charge on any atom is -0.428 e. The summed E-state index contributed by atoms with van der Waals surface area (Å²) in [5.41, 5.74) is 0. The van der Waals surface area contributed by atoms with Crippen LogP contribution in [-0.4, -0.2) is 94.1 Å². The summed E-state index contributed by atoms with van der Waals surface area (Å²) in [5.74, 6) is -1.92. The van der Waals surface area contributed by atoms with Gasteiger partial charge in [-0.15, -0.1) is 0 Å². The van der Waals surface area contributed by atoms with Gasteiger partial charge in [0.2, 0.25) is 20.4 Å². The van der Waals surface area contributed by atoms with E-state index >= 15 is 0 Å². The molecule has 0 bridgehead atoms. The third kappa shape index (κ3) is 21.3. The Morgan fingerprint density at radius 2 is 1.00 bits per heavy atom. The van der Waals surface area contributed by atoms with Crippen molar-refractivity contribution in [2.24, 2.45) is 0 Å². The van der Waals surface area contributed by atoms with E-state index in [0.717, 1.165) is 0 Å². The van der Waals surface area contributed by atoms with Gasteiger partial charge in [-0.25, -0.2) is 9.59 Å². The van der Waals surface area contributed by atoms with Crippen LogP contribution in [0.15, 0.2) is 0 Å². The van der Waals surface area contributed by atoms with Crippen LogP contribution in [0.1, 0.15) is 72.1 Å². The van der Waals surface area contributed by atoms with Crippen LogP contribution in [0.4, 0.5) is 9.59 Å². The van der Waals surface area contributed by atoms with Gasteiger partial charge in [0.05, 0.1) is 0 Å². The number of nitrogens with one attached hydrogen (secondary N) is 2. The Morgan fingerprint density at radius 3 is 1.52 bits per heavy atom. The summed E-state index contributed by atoms with van der Waals surface area (Å²) in [4.78, 5) is 71.2. The van der Waals surface area contributed by atoms with E-state index in [4.69, 9.17) is 28.4 Å². The lowest BCUT2D eigenvalue weighted by molar-refractivity contribution is -0.167.